The second kappa shape index (κ2) is 9.93. The fourth-order valence-corrected chi connectivity index (χ4v) is 5.85. The predicted molar refractivity (Wildman–Crippen MR) is 131 cm³/mol. The van der Waals surface area contributed by atoms with E-state index >= 15 is 0 Å². The van der Waals surface area contributed by atoms with E-state index in [9.17, 15) is 14.4 Å². The van der Waals surface area contributed by atoms with Gasteiger partial charge in [0.2, 0.25) is 11.8 Å². The zero-order valence-electron chi connectivity index (χ0n) is 19.1. The lowest BCUT2D eigenvalue weighted by Gasteiger charge is -2.51. The number of rotatable bonds is 6. The van der Waals surface area contributed by atoms with E-state index in [1.165, 1.54) is 18.7 Å². The molecule has 0 radical (unpaired) electrons. The smallest absolute Gasteiger partial charge is 0.234 e. The summed E-state index contributed by atoms with van der Waals surface area (Å²) in [7, 11) is 0. The van der Waals surface area contributed by atoms with Crippen LogP contribution in [0.4, 0.5) is 5.69 Å². The van der Waals surface area contributed by atoms with Gasteiger partial charge in [-0.05, 0) is 56.4 Å². The van der Waals surface area contributed by atoms with Crippen molar-refractivity contribution in [3.63, 3.8) is 0 Å². The number of carbonyl (C=O) groups excluding carboxylic acids is 3. The van der Waals surface area contributed by atoms with E-state index in [0.717, 1.165) is 19.3 Å². The van der Waals surface area contributed by atoms with Crippen LogP contribution >= 0.6 is 23.4 Å². The van der Waals surface area contributed by atoms with Gasteiger partial charge in [0.15, 0.2) is 17.2 Å². The molecule has 0 spiro atoms. The lowest BCUT2D eigenvalue weighted by Crippen LogP contribution is -2.68. The molecule has 1 aromatic carbocycles. The first-order valence-corrected chi connectivity index (χ1v) is 12.8. The molecule has 2 heterocycles. The van der Waals surface area contributed by atoms with Crippen LogP contribution in [0.3, 0.4) is 0 Å². The molecule has 1 aliphatic carbocycles. The average molecular weight is 492 g/mol. The molecule has 2 N–H and O–H groups in total. The molecule has 1 aromatic rings. The Kier molecular flexibility index (Phi) is 7.19. The van der Waals surface area contributed by atoms with E-state index in [4.69, 9.17) is 11.6 Å². The fraction of sp³-hybridized carbons (Fsp3) is 0.565. The lowest BCUT2D eigenvalue weighted by atomic mass is 9.80. The van der Waals surface area contributed by atoms with E-state index in [2.05, 4.69) is 34.6 Å². The lowest BCUT2D eigenvalue weighted by molar-refractivity contribution is -0.156. The van der Waals surface area contributed by atoms with Crippen LogP contribution < -0.4 is 10.7 Å². The van der Waals surface area contributed by atoms with Crippen molar-refractivity contribution in [1.29, 1.82) is 0 Å². The number of ketones is 1. The first-order chi connectivity index (χ1) is 15.7. The van der Waals surface area contributed by atoms with Gasteiger partial charge in [0, 0.05) is 29.2 Å². The minimum Gasteiger partial charge on any atom is -0.325 e. The molecule has 178 valence electrons. The van der Waals surface area contributed by atoms with E-state index in [0.29, 0.717) is 28.9 Å². The monoisotopic (exact) mass is 491 g/mol. The van der Waals surface area contributed by atoms with Crippen LogP contribution in [0.5, 0.6) is 0 Å². The number of amidine groups is 1. The van der Waals surface area contributed by atoms with Crippen molar-refractivity contribution in [1.82, 2.24) is 15.2 Å². The SMILES string of the molecule is CC(=O)c1ccc(NC(=O)CSC2=NNC3N(CC(C)C)C(=O)C4CCC(Cl)CC4N23)cc1. The van der Waals surface area contributed by atoms with Gasteiger partial charge in [0.25, 0.3) is 0 Å². The summed E-state index contributed by atoms with van der Waals surface area (Å²) in [6, 6.07) is 6.81. The van der Waals surface area contributed by atoms with Gasteiger partial charge >= 0.3 is 0 Å². The molecule has 1 saturated heterocycles. The molecule has 2 amide bonds. The number of halogens is 1. The largest absolute Gasteiger partial charge is 0.325 e. The van der Waals surface area contributed by atoms with Crippen LogP contribution in [0, 0.1) is 11.8 Å². The Hall–Kier alpha value is -2.26. The quantitative estimate of drug-likeness (QED) is 0.468. The van der Waals surface area contributed by atoms with Gasteiger partial charge in [-0.15, -0.1) is 11.6 Å². The Morgan fingerprint density at radius 1 is 1.27 bits per heavy atom. The van der Waals surface area contributed by atoms with Crippen molar-refractivity contribution < 1.29 is 14.4 Å². The van der Waals surface area contributed by atoms with Crippen LogP contribution in [0.15, 0.2) is 29.4 Å². The second-order valence-electron chi connectivity index (χ2n) is 9.24. The average Bonchev–Trinajstić information content (AvgIpc) is 3.19. The van der Waals surface area contributed by atoms with E-state index in [-0.39, 0.29) is 47.0 Å². The molecule has 0 bridgehead atoms. The molecule has 1 saturated carbocycles. The molecule has 0 aromatic heterocycles. The third-order valence-corrected chi connectivity index (χ3v) is 7.60. The Bertz CT molecular complexity index is 954. The summed E-state index contributed by atoms with van der Waals surface area (Å²) in [5.41, 5.74) is 4.36. The minimum absolute atomic E-state index is 0.0172. The number of benzene rings is 1. The number of hydrogen-bond acceptors (Lipinski definition) is 7. The summed E-state index contributed by atoms with van der Waals surface area (Å²) in [6.45, 7) is 6.34. The van der Waals surface area contributed by atoms with Crippen molar-refractivity contribution in [2.75, 3.05) is 17.6 Å². The fourth-order valence-electron chi connectivity index (χ4n) is 4.71. The van der Waals surface area contributed by atoms with E-state index in [1.54, 1.807) is 24.3 Å². The number of hydrogen-bond donors (Lipinski definition) is 2. The van der Waals surface area contributed by atoms with Crippen LogP contribution in [-0.2, 0) is 9.59 Å². The van der Waals surface area contributed by atoms with Gasteiger partial charge in [-0.25, -0.2) is 0 Å². The molecule has 10 heteroatoms. The highest BCUT2D eigenvalue weighted by molar-refractivity contribution is 8.14. The molecular formula is C23H30ClN5O3S. The third-order valence-electron chi connectivity index (χ3n) is 6.23. The highest BCUT2D eigenvalue weighted by Gasteiger charge is 2.52. The summed E-state index contributed by atoms with van der Waals surface area (Å²) in [4.78, 5) is 41.3. The molecule has 8 nitrogen and oxygen atoms in total. The maximum absolute atomic E-state index is 13.3. The number of alkyl halides is 1. The van der Waals surface area contributed by atoms with E-state index in [1.807, 2.05) is 4.90 Å². The molecule has 2 aliphatic heterocycles. The Labute approximate surface area is 203 Å². The number of carbonyl (C=O) groups is 3. The summed E-state index contributed by atoms with van der Waals surface area (Å²) >= 11 is 7.84. The maximum atomic E-state index is 13.3. The summed E-state index contributed by atoms with van der Waals surface area (Å²) in [6.07, 6.45) is 1.98. The minimum atomic E-state index is -0.340. The van der Waals surface area contributed by atoms with Gasteiger partial charge in [-0.1, -0.05) is 25.6 Å². The molecule has 4 atom stereocenters. The zero-order chi connectivity index (χ0) is 23.7. The number of anilines is 1. The zero-order valence-corrected chi connectivity index (χ0v) is 20.7. The van der Waals surface area contributed by atoms with Crippen LogP contribution in [0.25, 0.3) is 0 Å². The van der Waals surface area contributed by atoms with Crippen molar-refractivity contribution in [3.8, 4) is 0 Å². The number of fused-ring (bicyclic) bond motifs is 3. The summed E-state index contributed by atoms with van der Waals surface area (Å²) in [5.74, 6) is 0.391. The van der Waals surface area contributed by atoms with Gasteiger partial charge in [-0.3, -0.25) is 19.8 Å². The first kappa shape index (κ1) is 23.9. The van der Waals surface area contributed by atoms with Gasteiger partial charge < -0.3 is 15.1 Å². The maximum Gasteiger partial charge on any atom is 0.234 e. The van der Waals surface area contributed by atoms with Crippen LogP contribution in [0.2, 0.25) is 0 Å². The number of amides is 2. The molecule has 4 unspecified atom stereocenters. The molecule has 2 fully saturated rings. The van der Waals surface area contributed by atoms with Gasteiger partial charge in [0.1, 0.15) is 0 Å². The topological polar surface area (TPSA) is 94.1 Å². The Morgan fingerprint density at radius 3 is 2.67 bits per heavy atom. The first-order valence-electron chi connectivity index (χ1n) is 11.3. The van der Waals surface area contributed by atoms with Crippen molar-refractivity contribution in [2.45, 2.75) is 57.7 Å². The molecule has 33 heavy (non-hydrogen) atoms. The highest BCUT2D eigenvalue weighted by Crippen LogP contribution is 2.40. The van der Waals surface area contributed by atoms with Crippen LogP contribution in [-0.4, -0.2) is 62.6 Å². The van der Waals surface area contributed by atoms with Crippen molar-refractivity contribution >= 4 is 51.8 Å². The number of nitrogens with one attached hydrogen (secondary N) is 2. The summed E-state index contributed by atoms with van der Waals surface area (Å²) in [5, 5.41) is 8.10. The predicted octanol–water partition coefficient (Wildman–Crippen LogP) is 3.30. The number of nitrogens with zero attached hydrogens (tertiary/aromatic N) is 3. The third kappa shape index (κ3) is 5.14. The van der Waals surface area contributed by atoms with Crippen molar-refractivity contribution in [2.24, 2.45) is 16.9 Å². The van der Waals surface area contributed by atoms with Crippen molar-refractivity contribution in [3.05, 3.63) is 29.8 Å². The van der Waals surface area contributed by atoms with Gasteiger partial charge in [0.05, 0.1) is 11.7 Å². The Morgan fingerprint density at radius 2 is 2.00 bits per heavy atom. The standard InChI is InChI=1S/C23H30ClN5O3S/c1-13(2)11-28-21(32)18-9-6-16(24)10-19(18)29-22(28)26-27-23(29)33-12-20(31)25-17-7-4-15(5-8-17)14(3)30/h4-5,7-8,13,16,18-19,22,26H,6,9-12H2,1-3H3,(H,25,31). The Balaban J connectivity index is 1.43. The molecule has 3 aliphatic rings. The number of Topliss-reactive ketones (excluding diaryl/α,β-unsaturated/α-hetero) is 1. The second-order valence-corrected chi connectivity index (χ2v) is 10.8. The number of hydrazone groups is 1. The molecular weight excluding hydrogens is 462 g/mol. The van der Waals surface area contributed by atoms with Crippen LogP contribution in [0.1, 0.15) is 50.4 Å². The van der Waals surface area contributed by atoms with Gasteiger partial charge in [-0.2, -0.15) is 5.10 Å². The number of thioether (sulfide) groups is 1. The van der Waals surface area contributed by atoms with E-state index < -0.39 is 0 Å². The normalized spacial score (nSPS) is 26.5. The summed E-state index contributed by atoms with van der Waals surface area (Å²) < 4.78 is 0. The highest BCUT2D eigenvalue weighted by atomic mass is 35.5. The molecule has 4 rings (SSSR count).